The molecule has 0 bridgehead atoms. The summed E-state index contributed by atoms with van der Waals surface area (Å²) in [6, 6.07) is 17.6. The topological polar surface area (TPSA) is 46.3 Å². The van der Waals surface area contributed by atoms with E-state index in [0.29, 0.717) is 6.54 Å². The molecule has 3 heteroatoms. The minimum Gasteiger partial charge on any atom is -0.336 e. The lowest BCUT2D eigenvalue weighted by molar-refractivity contribution is 0.0729. The summed E-state index contributed by atoms with van der Waals surface area (Å²) in [6.45, 7) is 1.31. The molecule has 1 aliphatic rings. The maximum atomic E-state index is 12.5. The average Bonchev–Trinajstić information content (AvgIpc) is 2.51. The lowest BCUT2D eigenvalue weighted by Crippen LogP contribution is -2.41. The standard InChI is InChI=1S/C17H18N2O/c18-16(14-7-2-1-3-8-14)12-19-11-10-13-6-4-5-9-15(13)17(19)20/h1-9,16H,10-12,18H2. The molecule has 1 heterocycles. The number of amides is 1. The number of carbonyl (C=O) groups is 1. The molecule has 1 aliphatic heterocycles. The highest BCUT2D eigenvalue weighted by atomic mass is 16.2. The van der Waals surface area contributed by atoms with Crippen LogP contribution in [0.2, 0.25) is 0 Å². The number of benzene rings is 2. The molecule has 0 saturated carbocycles. The molecule has 20 heavy (non-hydrogen) atoms. The number of nitrogens with zero attached hydrogens (tertiary/aromatic N) is 1. The van der Waals surface area contributed by atoms with Gasteiger partial charge in [-0.3, -0.25) is 4.79 Å². The molecular weight excluding hydrogens is 248 g/mol. The van der Waals surface area contributed by atoms with Gasteiger partial charge in [-0.2, -0.15) is 0 Å². The quantitative estimate of drug-likeness (QED) is 0.927. The van der Waals surface area contributed by atoms with Gasteiger partial charge < -0.3 is 10.6 Å². The molecule has 0 aromatic heterocycles. The third-order valence-corrected chi connectivity index (χ3v) is 3.83. The van der Waals surface area contributed by atoms with E-state index in [9.17, 15) is 4.79 Å². The SMILES string of the molecule is NC(CN1CCc2ccccc2C1=O)c1ccccc1. The van der Waals surface area contributed by atoms with Crippen LogP contribution < -0.4 is 5.73 Å². The van der Waals surface area contributed by atoms with Crippen LogP contribution >= 0.6 is 0 Å². The Labute approximate surface area is 119 Å². The van der Waals surface area contributed by atoms with Gasteiger partial charge in [0, 0.05) is 24.7 Å². The first kappa shape index (κ1) is 12.9. The van der Waals surface area contributed by atoms with Crippen LogP contribution in [0.15, 0.2) is 54.6 Å². The summed E-state index contributed by atoms with van der Waals surface area (Å²) in [7, 11) is 0. The highest BCUT2D eigenvalue weighted by Crippen LogP contribution is 2.20. The van der Waals surface area contributed by atoms with Crippen molar-refractivity contribution < 1.29 is 4.79 Å². The summed E-state index contributed by atoms with van der Waals surface area (Å²) < 4.78 is 0. The van der Waals surface area contributed by atoms with E-state index in [1.165, 1.54) is 0 Å². The molecule has 0 fully saturated rings. The van der Waals surface area contributed by atoms with Crippen molar-refractivity contribution in [1.29, 1.82) is 0 Å². The summed E-state index contributed by atoms with van der Waals surface area (Å²) in [4.78, 5) is 14.3. The van der Waals surface area contributed by atoms with Crippen LogP contribution in [-0.2, 0) is 6.42 Å². The van der Waals surface area contributed by atoms with Gasteiger partial charge in [0.1, 0.15) is 0 Å². The van der Waals surface area contributed by atoms with E-state index < -0.39 is 0 Å². The molecule has 2 N–H and O–H groups in total. The summed E-state index contributed by atoms with van der Waals surface area (Å²) >= 11 is 0. The van der Waals surface area contributed by atoms with Gasteiger partial charge in [-0.1, -0.05) is 48.5 Å². The molecule has 2 aromatic carbocycles. The molecule has 0 radical (unpaired) electrons. The second-order valence-electron chi connectivity index (χ2n) is 5.18. The number of fused-ring (bicyclic) bond motifs is 1. The summed E-state index contributed by atoms with van der Waals surface area (Å²) in [6.07, 6.45) is 0.906. The molecule has 0 aliphatic carbocycles. The first-order valence-corrected chi connectivity index (χ1v) is 6.93. The highest BCUT2D eigenvalue weighted by Gasteiger charge is 2.25. The van der Waals surface area contributed by atoms with Gasteiger partial charge in [0.15, 0.2) is 0 Å². The largest absolute Gasteiger partial charge is 0.336 e. The fraction of sp³-hybridized carbons (Fsp3) is 0.235. The van der Waals surface area contributed by atoms with Gasteiger partial charge in [-0.15, -0.1) is 0 Å². The Balaban J connectivity index is 1.75. The number of hydrogen-bond donors (Lipinski definition) is 1. The summed E-state index contributed by atoms with van der Waals surface area (Å²) in [5.41, 5.74) is 9.24. The molecule has 1 amide bonds. The first-order valence-electron chi connectivity index (χ1n) is 6.93. The Kier molecular flexibility index (Phi) is 3.52. The van der Waals surface area contributed by atoms with E-state index >= 15 is 0 Å². The maximum Gasteiger partial charge on any atom is 0.254 e. The maximum absolute atomic E-state index is 12.5. The lowest BCUT2D eigenvalue weighted by Gasteiger charge is -2.30. The van der Waals surface area contributed by atoms with Crippen molar-refractivity contribution in [2.45, 2.75) is 12.5 Å². The van der Waals surface area contributed by atoms with Crippen molar-refractivity contribution in [3.05, 3.63) is 71.3 Å². The van der Waals surface area contributed by atoms with E-state index in [1.807, 2.05) is 59.5 Å². The number of rotatable bonds is 3. The number of carbonyl (C=O) groups excluding carboxylic acids is 1. The Morgan fingerprint density at radius 3 is 2.55 bits per heavy atom. The van der Waals surface area contributed by atoms with Crippen LogP contribution in [0.3, 0.4) is 0 Å². The van der Waals surface area contributed by atoms with Gasteiger partial charge >= 0.3 is 0 Å². The van der Waals surface area contributed by atoms with Crippen LogP contribution in [0.5, 0.6) is 0 Å². The van der Waals surface area contributed by atoms with E-state index in [2.05, 4.69) is 0 Å². The highest BCUT2D eigenvalue weighted by molar-refractivity contribution is 5.96. The van der Waals surface area contributed by atoms with Crippen molar-refractivity contribution in [3.63, 3.8) is 0 Å². The fourth-order valence-corrected chi connectivity index (χ4v) is 2.69. The van der Waals surface area contributed by atoms with E-state index in [4.69, 9.17) is 5.73 Å². The minimum absolute atomic E-state index is 0.0956. The van der Waals surface area contributed by atoms with Gasteiger partial charge in [0.25, 0.3) is 5.91 Å². The zero-order valence-electron chi connectivity index (χ0n) is 11.3. The zero-order valence-corrected chi connectivity index (χ0v) is 11.3. The molecule has 3 nitrogen and oxygen atoms in total. The van der Waals surface area contributed by atoms with Gasteiger partial charge in [0.2, 0.25) is 0 Å². The third kappa shape index (κ3) is 2.45. The number of nitrogens with two attached hydrogens (primary N) is 1. The van der Waals surface area contributed by atoms with Gasteiger partial charge in [-0.25, -0.2) is 0 Å². The molecule has 0 spiro atoms. The van der Waals surface area contributed by atoms with Gasteiger partial charge in [-0.05, 0) is 23.6 Å². The molecule has 102 valence electrons. The van der Waals surface area contributed by atoms with Crippen LogP contribution in [0.4, 0.5) is 0 Å². The van der Waals surface area contributed by atoms with Crippen molar-refractivity contribution in [2.24, 2.45) is 5.73 Å². The monoisotopic (exact) mass is 266 g/mol. The van der Waals surface area contributed by atoms with E-state index in [0.717, 1.165) is 29.7 Å². The summed E-state index contributed by atoms with van der Waals surface area (Å²) in [5.74, 6) is 0.0956. The van der Waals surface area contributed by atoms with Crippen molar-refractivity contribution in [1.82, 2.24) is 4.90 Å². The normalized spacial score (nSPS) is 15.8. The van der Waals surface area contributed by atoms with Crippen LogP contribution in [-0.4, -0.2) is 23.9 Å². The first-order chi connectivity index (χ1) is 9.75. The number of hydrogen-bond acceptors (Lipinski definition) is 2. The van der Waals surface area contributed by atoms with Crippen molar-refractivity contribution >= 4 is 5.91 Å². The van der Waals surface area contributed by atoms with E-state index in [1.54, 1.807) is 0 Å². The molecule has 2 aromatic rings. The lowest BCUT2D eigenvalue weighted by atomic mass is 9.98. The van der Waals surface area contributed by atoms with Crippen molar-refractivity contribution in [2.75, 3.05) is 13.1 Å². The van der Waals surface area contributed by atoms with E-state index in [-0.39, 0.29) is 11.9 Å². The van der Waals surface area contributed by atoms with Crippen LogP contribution in [0.25, 0.3) is 0 Å². The molecule has 3 rings (SSSR count). The van der Waals surface area contributed by atoms with Gasteiger partial charge in [0.05, 0.1) is 0 Å². The molecule has 0 saturated heterocycles. The summed E-state index contributed by atoms with van der Waals surface area (Å²) in [5, 5.41) is 0. The van der Waals surface area contributed by atoms with Crippen LogP contribution in [0.1, 0.15) is 27.5 Å². The molecule has 1 unspecified atom stereocenters. The fourth-order valence-electron chi connectivity index (χ4n) is 2.69. The predicted molar refractivity (Wildman–Crippen MR) is 79.4 cm³/mol. The van der Waals surface area contributed by atoms with Crippen molar-refractivity contribution in [3.8, 4) is 0 Å². The molecule has 1 atom stereocenters. The Hall–Kier alpha value is -2.13. The van der Waals surface area contributed by atoms with Crippen LogP contribution in [0, 0.1) is 0 Å². The Morgan fingerprint density at radius 1 is 1.05 bits per heavy atom. The minimum atomic E-state index is -0.134. The smallest absolute Gasteiger partial charge is 0.254 e. The average molecular weight is 266 g/mol. The second kappa shape index (κ2) is 5.47. The third-order valence-electron chi connectivity index (χ3n) is 3.83. The Bertz CT molecular complexity index is 609. The molecular formula is C17H18N2O. The zero-order chi connectivity index (χ0) is 13.9. The predicted octanol–water partition coefficient (Wildman–Crippen LogP) is 2.38. The second-order valence-corrected chi connectivity index (χ2v) is 5.18. The Morgan fingerprint density at radius 2 is 1.75 bits per heavy atom.